The number of carbonyl (C=O) groups excluding carboxylic acids is 2. The largest absolute Gasteiger partial charge is 0.462 e. The predicted molar refractivity (Wildman–Crippen MR) is 75.5 cm³/mol. The van der Waals surface area contributed by atoms with E-state index in [4.69, 9.17) is 9.47 Å². The minimum Gasteiger partial charge on any atom is -0.462 e. The average Bonchev–Trinajstić information content (AvgIpc) is 2.29. The van der Waals surface area contributed by atoms with Crippen LogP contribution in [0.25, 0.3) is 0 Å². The van der Waals surface area contributed by atoms with Gasteiger partial charge in [-0.15, -0.1) is 0 Å². The fourth-order valence-corrected chi connectivity index (χ4v) is 1.93. The van der Waals surface area contributed by atoms with E-state index in [2.05, 4.69) is 17.3 Å². The van der Waals surface area contributed by atoms with Gasteiger partial charge < -0.3 is 19.7 Å². The van der Waals surface area contributed by atoms with Gasteiger partial charge in [-0.05, 0) is 40.7 Å². The summed E-state index contributed by atoms with van der Waals surface area (Å²) in [7, 11) is 2.06. The predicted octanol–water partition coefficient (Wildman–Crippen LogP) is 1.54. The number of nitrogens with one attached hydrogen (secondary N) is 1. The van der Waals surface area contributed by atoms with Crippen molar-refractivity contribution < 1.29 is 19.1 Å². The third-order valence-corrected chi connectivity index (χ3v) is 2.96. The Hall–Kier alpha value is -1.30. The molecule has 0 aromatic carbocycles. The molecule has 1 fully saturated rings. The number of nitrogens with zero attached hydrogens (tertiary/aromatic N) is 1. The van der Waals surface area contributed by atoms with Crippen LogP contribution in [0.3, 0.4) is 0 Å². The van der Waals surface area contributed by atoms with Crippen molar-refractivity contribution in [3.8, 4) is 0 Å². The maximum absolute atomic E-state index is 11.6. The first-order valence-corrected chi connectivity index (χ1v) is 7.11. The second-order valence-electron chi connectivity index (χ2n) is 6.17. The minimum atomic E-state index is -0.529. The van der Waals surface area contributed by atoms with Crippen molar-refractivity contribution in [3.63, 3.8) is 0 Å². The van der Waals surface area contributed by atoms with Crippen LogP contribution in [0.1, 0.15) is 40.0 Å². The van der Waals surface area contributed by atoms with Gasteiger partial charge in [-0.25, -0.2) is 4.79 Å². The maximum atomic E-state index is 11.6. The van der Waals surface area contributed by atoms with E-state index in [1.165, 1.54) is 0 Å². The standard InChI is InChI=1S/C14H26N2O4/c1-14(2,3)20-13(18)15-8-5-12(17)19-11-6-9-16(4)10-7-11/h11H,5-10H2,1-4H3,(H,15,18). The van der Waals surface area contributed by atoms with Gasteiger partial charge in [-0.1, -0.05) is 0 Å². The molecule has 1 N–H and O–H groups in total. The van der Waals surface area contributed by atoms with E-state index in [1.54, 1.807) is 20.8 Å². The van der Waals surface area contributed by atoms with Crippen LogP contribution in [0, 0.1) is 0 Å². The SMILES string of the molecule is CN1CCC(OC(=O)CCNC(=O)OC(C)(C)C)CC1. The van der Waals surface area contributed by atoms with E-state index in [0.717, 1.165) is 25.9 Å². The van der Waals surface area contributed by atoms with Crippen molar-refractivity contribution in [2.24, 2.45) is 0 Å². The monoisotopic (exact) mass is 286 g/mol. The molecule has 1 amide bonds. The van der Waals surface area contributed by atoms with Crippen LogP contribution in [0.15, 0.2) is 0 Å². The van der Waals surface area contributed by atoms with Crippen LogP contribution < -0.4 is 5.32 Å². The van der Waals surface area contributed by atoms with E-state index >= 15 is 0 Å². The average molecular weight is 286 g/mol. The first-order chi connectivity index (χ1) is 9.26. The number of hydrogen-bond acceptors (Lipinski definition) is 5. The molecule has 0 atom stereocenters. The van der Waals surface area contributed by atoms with Gasteiger partial charge >= 0.3 is 12.1 Å². The Bertz CT molecular complexity index is 331. The number of amides is 1. The van der Waals surface area contributed by atoms with Crippen molar-refractivity contribution in [1.82, 2.24) is 10.2 Å². The van der Waals surface area contributed by atoms with Gasteiger partial charge in [0, 0.05) is 19.6 Å². The highest BCUT2D eigenvalue weighted by Gasteiger charge is 2.20. The molecule has 0 aromatic heterocycles. The van der Waals surface area contributed by atoms with Crippen LogP contribution in [-0.4, -0.2) is 55.3 Å². The molecule has 1 aliphatic rings. The number of alkyl carbamates (subject to hydrolysis) is 1. The van der Waals surface area contributed by atoms with E-state index in [9.17, 15) is 9.59 Å². The highest BCUT2D eigenvalue weighted by molar-refractivity contribution is 5.72. The number of ether oxygens (including phenoxy) is 2. The molecule has 0 unspecified atom stereocenters. The van der Waals surface area contributed by atoms with Gasteiger partial charge in [0.1, 0.15) is 11.7 Å². The molecule has 0 aromatic rings. The Labute approximate surface area is 120 Å². The third-order valence-electron chi connectivity index (χ3n) is 2.96. The molecule has 0 bridgehead atoms. The lowest BCUT2D eigenvalue weighted by Crippen LogP contribution is -2.36. The lowest BCUT2D eigenvalue weighted by molar-refractivity contribution is -0.150. The summed E-state index contributed by atoms with van der Waals surface area (Å²) in [6.45, 7) is 7.52. The molecular formula is C14H26N2O4. The summed E-state index contributed by atoms with van der Waals surface area (Å²) in [5.41, 5.74) is -0.529. The van der Waals surface area contributed by atoms with Crippen molar-refractivity contribution in [2.75, 3.05) is 26.7 Å². The third kappa shape index (κ3) is 7.33. The summed E-state index contributed by atoms with van der Waals surface area (Å²) in [6.07, 6.45) is 1.43. The zero-order valence-electron chi connectivity index (χ0n) is 12.9. The van der Waals surface area contributed by atoms with Gasteiger partial charge in [0.15, 0.2) is 0 Å². The lowest BCUT2D eigenvalue weighted by atomic mass is 10.1. The molecule has 116 valence electrons. The molecule has 1 heterocycles. The second kappa shape index (κ2) is 7.47. The van der Waals surface area contributed by atoms with Crippen molar-refractivity contribution >= 4 is 12.1 Å². The van der Waals surface area contributed by atoms with E-state index in [0.29, 0.717) is 0 Å². The Morgan fingerprint density at radius 2 is 1.85 bits per heavy atom. The number of likely N-dealkylation sites (tertiary alicyclic amines) is 1. The Morgan fingerprint density at radius 1 is 1.25 bits per heavy atom. The molecule has 6 heteroatoms. The number of carbonyl (C=O) groups is 2. The molecule has 6 nitrogen and oxygen atoms in total. The van der Waals surface area contributed by atoms with E-state index < -0.39 is 11.7 Å². The number of esters is 1. The zero-order valence-corrected chi connectivity index (χ0v) is 12.9. The van der Waals surface area contributed by atoms with Crippen LogP contribution in [0.2, 0.25) is 0 Å². The summed E-state index contributed by atoms with van der Waals surface area (Å²) in [4.78, 5) is 25.2. The molecule has 1 rings (SSSR count). The topological polar surface area (TPSA) is 67.9 Å². The van der Waals surface area contributed by atoms with Gasteiger partial charge in [0.05, 0.1) is 6.42 Å². The first-order valence-electron chi connectivity index (χ1n) is 7.11. The van der Waals surface area contributed by atoms with E-state index in [-0.39, 0.29) is 25.0 Å². The van der Waals surface area contributed by atoms with E-state index in [1.807, 2.05) is 0 Å². The van der Waals surface area contributed by atoms with Gasteiger partial charge in [-0.3, -0.25) is 4.79 Å². The summed E-state index contributed by atoms with van der Waals surface area (Å²) >= 11 is 0. The molecule has 1 saturated heterocycles. The molecule has 1 aliphatic heterocycles. The van der Waals surface area contributed by atoms with Crippen molar-refractivity contribution in [3.05, 3.63) is 0 Å². The Morgan fingerprint density at radius 3 is 2.40 bits per heavy atom. The summed E-state index contributed by atoms with van der Waals surface area (Å²) in [6, 6.07) is 0. The number of rotatable bonds is 4. The molecule has 0 aliphatic carbocycles. The molecule has 20 heavy (non-hydrogen) atoms. The summed E-state index contributed by atoms with van der Waals surface area (Å²) in [5, 5.41) is 2.54. The lowest BCUT2D eigenvalue weighted by Gasteiger charge is -2.28. The first kappa shape index (κ1) is 16.8. The van der Waals surface area contributed by atoms with Crippen molar-refractivity contribution in [1.29, 1.82) is 0 Å². The molecule has 0 saturated carbocycles. The van der Waals surface area contributed by atoms with Gasteiger partial charge in [-0.2, -0.15) is 0 Å². The van der Waals surface area contributed by atoms with Crippen molar-refractivity contribution in [2.45, 2.75) is 51.7 Å². The normalized spacial score (nSPS) is 17.6. The Kier molecular flexibility index (Phi) is 6.26. The molecule has 0 spiro atoms. The van der Waals surface area contributed by atoms with Crippen LogP contribution in [0.4, 0.5) is 4.79 Å². The van der Waals surface area contributed by atoms with Crippen LogP contribution >= 0.6 is 0 Å². The smallest absolute Gasteiger partial charge is 0.407 e. The second-order valence-corrected chi connectivity index (χ2v) is 6.17. The van der Waals surface area contributed by atoms with Gasteiger partial charge in [0.2, 0.25) is 0 Å². The summed E-state index contributed by atoms with van der Waals surface area (Å²) in [5.74, 6) is -0.268. The molecule has 0 radical (unpaired) electrons. The summed E-state index contributed by atoms with van der Waals surface area (Å²) < 4.78 is 10.4. The highest BCUT2D eigenvalue weighted by Crippen LogP contribution is 2.12. The molecular weight excluding hydrogens is 260 g/mol. The van der Waals surface area contributed by atoms with Crippen LogP contribution in [-0.2, 0) is 14.3 Å². The zero-order chi connectivity index (χ0) is 15.2. The minimum absolute atomic E-state index is 0.0141. The number of piperidine rings is 1. The van der Waals surface area contributed by atoms with Crippen LogP contribution in [0.5, 0.6) is 0 Å². The fraction of sp³-hybridized carbons (Fsp3) is 0.857. The number of hydrogen-bond donors (Lipinski definition) is 1. The maximum Gasteiger partial charge on any atom is 0.407 e. The quantitative estimate of drug-likeness (QED) is 0.794. The fourth-order valence-electron chi connectivity index (χ4n) is 1.93. The van der Waals surface area contributed by atoms with Gasteiger partial charge in [0.25, 0.3) is 0 Å². The highest BCUT2D eigenvalue weighted by atomic mass is 16.6. The Balaban J connectivity index is 2.13.